The highest BCUT2D eigenvalue weighted by Crippen LogP contribution is 2.36. The Bertz CT molecular complexity index is 820. The summed E-state index contributed by atoms with van der Waals surface area (Å²) in [5.74, 6) is 0. The molecule has 0 saturated heterocycles. The van der Waals surface area contributed by atoms with E-state index in [2.05, 4.69) is 4.72 Å². The predicted molar refractivity (Wildman–Crippen MR) is 82.7 cm³/mol. The molecule has 0 spiro atoms. The topological polar surface area (TPSA) is 115 Å². The molecule has 21 heavy (non-hydrogen) atoms. The average molecular weight is 368 g/mol. The molecule has 0 bridgehead atoms. The number of nitro groups is 1. The van der Waals surface area contributed by atoms with Crippen molar-refractivity contribution in [3.05, 3.63) is 44.4 Å². The second-order valence-electron chi connectivity index (χ2n) is 3.80. The Balaban J connectivity index is 2.38. The van der Waals surface area contributed by atoms with Crippen LogP contribution in [-0.2, 0) is 10.0 Å². The van der Waals surface area contributed by atoms with E-state index in [-0.39, 0.29) is 19.9 Å². The van der Waals surface area contributed by atoms with Crippen LogP contribution in [0.15, 0.2) is 28.5 Å². The maximum atomic E-state index is 12.2. The molecule has 1 aromatic carbocycles. The molecule has 2 aromatic rings. The van der Waals surface area contributed by atoms with Gasteiger partial charge in [-0.15, -0.1) is 0 Å². The monoisotopic (exact) mass is 367 g/mol. The van der Waals surface area contributed by atoms with E-state index in [1.807, 2.05) is 0 Å². The van der Waals surface area contributed by atoms with E-state index in [4.69, 9.17) is 28.9 Å². The third-order valence-electron chi connectivity index (χ3n) is 2.35. The second-order valence-corrected chi connectivity index (χ2v) is 7.64. The van der Waals surface area contributed by atoms with Crippen LogP contribution in [0.3, 0.4) is 0 Å². The first-order chi connectivity index (χ1) is 9.70. The van der Waals surface area contributed by atoms with E-state index in [0.717, 1.165) is 6.07 Å². The van der Waals surface area contributed by atoms with E-state index in [1.165, 1.54) is 18.2 Å². The van der Waals surface area contributed by atoms with Gasteiger partial charge in [0.25, 0.3) is 10.0 Å². The lowest BCUT2D eigenvalue weighted by atomic mass is 10.3. The van der Waals surface area contributed by atoms with E-state index < -0.39 is 20.6 Å². The number of nitrogens with one attached hydrogen (secondary N) is 1. The van der Waals surface area contributed by atoms with Crippen molar-refractivity contribution in [3.8, 4) is 0 Å². The number of hydrogen-bond acceptors (Lipinski definition) is 6. The van der Waals surface area contributed by atoms with Gasteiger partial charge in [-0.3, -0.25) is 14.8 Å². The summed E-state index contributed by atoms with van der Waals surface area (Å²) >= 11 is 12.2. The van der Waals surface area contributed by atoms with Gasteiger partial charge >= 0.3 is 5.69 Å². The van der Waals surface area contributed by atoms with E-state index >= 15 is 0 Å². The van der Waals surface area contributed by atoms with Gasteiger partial charge < -0.3 is 5.73 Å². The summed E-state index contributed by atoms with van der Waals surface area (Å²) < 4.78 is 26.3. The quantitative estimate of drug-likeness (QED) is 0.634. The van der Waals surface area contributed by atoms with Gasteiger partial charge in [0.05, 0.1) is 15.6 Å². The Morgan fingerprint density at radius 3 is 2.48 bits per heavy atom. The van der Waals surface area contributed by atoms with Gasteiger partial charge in [0, 0.05) is 11.1 Å². The maximum Gasteiger partial charge on any atom is 0.304 e. The van der Waals surface area contributed by atoms with Crippen molar-refractivity contribution in [2.24, 2.45) is 0 Å². The highest BCUT2D eigenvalue weighted by Gasteiger charge is 2.25. The molecule has 0 saturated carbocycles. The van der Waals surface area contributed by atoms with Gasteiger partial charge in [0.1, 0.15) is 4.21 Å². The minimum atomic E-state index is -4.03. The summed E-state index contributed by atoms with van der Waals surface area (Å²) in [5, 5.41) is 10.9. The first-order valence-electron chi connectivity index (χ1n) is 5.22. The Kier molecular flexibility index (Phi) is 4.28. The Labute approximate surface area is 133 Å². The lowest BCUT2D eigenvalue weighted by Gasteiger charge is -2.07. The highest BCUT2D eigenvalue weighted by molar-refractivity contribution is 7.94. The second kappa shape index (κ2) is 5.68. The van der Waals surface area contributed by atoms with Crippen LogP contribution in [-0.4, -0.2) is 13.3 Å². The summed E-state index contributed by atoms with van der Waals surface area (Å²) in [6.45, 7) is 0. The SMILES string of the molecule is Nc1sc(S(=O)(=O)Nc2ccc(Cl)cc2Cl)cc1[N+](=O)[O-]. The fourth-order valence-electron chi connectivity index (χ4n) is 1.42. The van der Waals surface area contributed by atoms with Crippen molar-refractivity contribution in [2.75, 3.05) is 10.5 Å². The molecule has 0 radical (unpaired) electrons. The molecule has 2 rings (SSSR count). The van der Waals surface area contributed by atoms with Crippen LogP contribution in [0.25, 0.3) is 0 Å². The summed E-state index contributed by atoms with van der Waals surface area (Å²) in [6.07, 6.45) is 0. The molecule has 0 aliphatic carbocycles. The number of benzene rings is 1. The Morgan fingerprint density at radius 1 is 1.29 bits per heavy atom. The smallest absolute Gasteiger partial charge is 0.304 e. The number of nitrogens with two attached hydrogens (primary N) is 1. The number of thiophene rings is 1. The van der Waals surface area contributed by atoms with Crippen molar-refractivity contribution in [1.82, 2.24) is 0 Å². The molecular formula is C10H7Cl2N3O4S2. The molecule has 0 unspecified atom stereocenters. The molecule has 0 fully saturated rings. The zero-order valence-electron chi connectivity index (χ0n) is 10.0. The maximum absolute atomic E-state index is 12.2. The fraction of sp³-hybridized carbons (Fsp3) is 0. The van der Waals surface area contributed by atoms with Crippen LogP contribution < -0.4 is 10.5 Å². The van der Waals surface area contributed by atoms with Gasteiger partial charge in [-0.25, -0.2) is 8.42 Å². The van der Waals surface area contributed by atoms with Crippen molar-refractivity contribution < 1.29 is 13.3 Å². The first kappa shape index (κ1) is 15.8. The molecule has 1 heterocycles. The van der Waals surface area contributed by atoms with Crippen molar-refractivity contribution >= 4 is 60.9 Å². The molecule has 0 atom stereocenters. The largest absolute Gasteiger partial charge is 0.385 e. The van der Waals surface area contributed by atoms with Gasteiger partial charge in [0.15, 0.2) is 5.00 Å². The van der Waals surface area contributed by atoms with Gasteiger partial charge in [0.2, 0.25) is 0 Å². The number of halogens is 2. The third-order valence-corrected chi connectivity index (χ3v) is 5.69. The standard InChI is InChI=1S/C10H7Cl2N3O4S2/c11-5-1-2-7(6(12)3-5)14-21(18,19)9-4-8(15(16)17)10(13)20-9/h1-4,14H,13H2. The molecule has 3 N–H and O–H groups in total. The van der Waals surface area contributed by atoms with Gasteiger partial charge in [-0.05, 0) is 18.2 Å². The van der Waals surface area contributed by atoms with Gasteiger partial charge in [-0.1, -0.05) is 34.5 Å². The van der Waals surface area contributed by atoms with Crippen LogP contribution in [0, 0.1) is 10.1 Å². The van der Waals surface area contributed by atoms with Crippen LogP contribution in [0.1, 0.15) is 0 Å². The lowest BCUT2D eigenvalue weighted by molar-refractivity contribution is -0.383. The molecule has 112 valence electrons. The number of nitrogens with zero attached hydrogens (tertiary/aromatic N) is 1. The predicted octanol–water partition coefficient (Wildman–Crippen LogP) is 3.35. The van der Waals surface area contributed by atoms with E-state index in [1.54, 1.807) is 0 Å². The number of nitrogen functional groups attached to an aromatic ring is 1. The molecule has 7 nitrogen and oxygen atoms in total. The van der Waals surface area contributed by atoms with Crippen LogP contribution >= 0.6 is 34.5 Å². The lowest BCUT2D eigenvalue weighted by Crippen LogP contribution is -2.11. The van der Waals surface area contributed by atoms with E-state index in [9.17, 15) is 18.5 Å². The number of anilines is 2. The molecular weight excluding hydrogens is 361 g/mol. The molecule has 1 aromatic heterocycles. The summed E-state index contributed by atoms with van der Waals surface area (Å²) in [6, 6.07) is 5.10. The van der Waals surface area contributed by atoms with Crippen molar-refractivity contribution in [1.29, 1.82) is 0 Å². The molecule has 11 heteroatoms. The van der Waals surface area contributed by atoms with E-state index in [0.29, 0.717) is 16.4 Å². The Morgan fingerprint density at radius 2 is 1.95 bits per heavy atom. The fourth-order valence-corrected chi connectivity index (χ4v) is 4.22. The zero-order valence-corrected chi connectivity index (χ0v) is 13.2. The summed E-state index contributed by atoms with van der Waals surface area (Å²) in [7, 11) is -4.03. The number of sulfonamides is 1. The van der Waals surface area contributed by atoms with Crippen LogP contribution in [0.5, 0.6) is 0 Å². The molecule has 0 amide bonds. The normalized spacial score (nSPS) is 11.3. The number of rotatable bonds is 4. The summed E-state index contributed by atoms with van der Waals surface area (Å²) in [4.78, 5) is 9.94. The van der Waals surface area contributed by atoms with Crippen LogP contribution in [0.4, 0.5) is 16.4 Å². The minimum Gasteiger partial charge on any atom is -0.385 e. The van der Waals surface area contributed by atoms with Gasteiger partial charge in [-0.2, -0.15) is 0 Å². The first-order valence-corrected chi connectivity index (χ1v) is 8.28. The summed E-state index contributed by atoms with van der Waals surface area (Å²) in [5.41, 5.74) is 5.07. The Hall–Kier alpha value is -1.55. The zero-order chi connectivity index (χ0) is 15.8. The third kappa shape index (κ3) is 3.38. The molecule has 0 aliphatic heterocycles. The molecule has 0 aliphatic rings. The van der Waals surface area contributed by atoms with Crippen molar-refractivity contribution in [2.45, 2.75) is 4.21 Å². The average Bonchev–Trinajstić information content (AvgIpc) is 2.76. The minimum absolute atomic E-state index is 0.102. The van der Waals surface area contributed by atoms with Crippen LogP contribution in [0.2, 0.25) is 10.0 Å². The highest BCUT2D eigenvalue weighted by atomic mass is 35.5. The van der Waals surface area contributed by atoms with Crippen molar-refractivity contribution in [3.63, 3.8) is 0 Å². The number of hydrogen-bond donors (Lipinski definition) is 2.